The van der Waals surface area contributed by atoms with E-state index in [2.05, 4.69) is 10.3 Å². The van der Waals surface area contributed by atoms with Gasteiger partial charge in [0.2, 0.25) is 0 Å². The molecule has 3 N–H and O–H groups in total. The summed E-state index contributed by atoms with van der Waals surface area (Å²) >= 11 is 1.28. The predicted octanol–water partition coefficient (Wildman–Crippen LogP) is -0.125. The topological polar surface area (TPSA) is 85.1 Å². The lowest BCUT2D eigenvalue weighted by Gasteiger charge is -1.94. The standard InChI is InChI=1S/C6H7N3O2S/c1-3-8-2-4(12-3)9-6(11)5(7)10/h2H,1H3,(H2,7,10)(H,9,11). The highest BCUT2D eigenvalue weighted by molar-refractivity contribution is 7.15. The summed E-state index contributed by atoms with van der Waals surface area (Å²) in [4.78, 5) is 24.9. The molecule has 0 unspecified atom stereocenters. The predicted molar refractivity (Wildman–Crippen MR) is 44.7 cm³/mol. The molecule has 0 atom stereocenters. The van der Waals surface area contributed by atoms with Crippen molar-refractivity contribution in [2.24, 2.45) is 5.73 Å². The van der Waals surface area contributed by atoms with E-state index in [1.54, 1.807) is 6.92 Å². The van der Waals surface area contributed by atoms with Crippen molar-refractivity contribution in [3.8, 4) is 0 Å². The Hall–Kier alpha value is -1.43. The molecule has 5 nitrogen and oxygen atoms in total. The van der Waals surface area contributed by atoms with Crippen molar-refractivity contribution < 1.29 is 9.59 Å². The first-order chi connectivity index (χ1) is 5.59. The van der Waals surface area contributed by atoms with Crippen molar-refractivity contribution in [2.45, 2.75) is 6.92 Å². The van der Waals surface area contributed by atoms with Gasteiger partial charge in [-0.25, -0.2) is 4.98 Å². The van der Waals surface area contributed by atoms with Gasteiger partial charge in [-0.05, 0) is 6.92 Å². The zero-order valence-corrected chi connectivity index (χ0v) is 7.14. The maximum absolute atomic E-state index is 10.7. The second kappa shape index (κ2) is 3.31. The first-order valence-electron chi connectivity index (χ1n) is 3.13. The fourth-order valence-corrected chi connectivity index (χ4v) is 1.27. The van der Waals surface area contributed by atoms with Gasteiger partial charge in [0.1, 0.15) is 5.00 Å². The van der Waals surface area contributed by atoms with Gasteiger partial charge < -0.3 is 11.1 Å². The summed E-state index contributed by atoms with van der Waals surface area (Å²) in [7, 11) is 0. The number of nitrogens with zero attached hydrogens (tertiary/aromatic N) is 1. The number of hydrogen-bond acceptors (Lipinski definition) is 4. The highest BCUT2D eigenvalue weighted by Crippen LogP contribution is 2.16. The van der Waals surface area contributed by atoms with Crippen LogP contribution in [0.1, 0.15) is 5.01 Å². The third-order valence-electron chi connectivity index (χ3n) is 1.08. The van der Waals surface area contributed by atoms with Gasteiger partial charge in [0.05, 0.1) is 11.2 Å². The SMILES string of the molecule is Cc1ncc(NC(=O)C(N)=O)s1. The molecular formula is C6H7N3O2S. The van der Waals surface area contributed by atoms with Crippen molar-refractivity contribution in [3.63, 3.8) is 0 Å². The summed E-state index contributed by atoms with van der Waals surface area (Å²) < 4.78 is 0. The fourth-order valence-electron chi connectivity index (χ4n) is 0.593. The summed E-state index contributed by atoms with van der Waals surface area (Å²) in [6.45, 7) is 1.80. The van der Waals surface area contributed by atoms with Crippen LogP contribution in [0.2, 0.25) is 0 Å². The molecule has 0 fully saturated rings. The van der Waals surface area contributed by atoms with E-state index in [0.717, 1.165) is 5.01 Å². The number of carbonyl (C=O) groups excluding carboxylic acids is 2. The Balaban J connectivity index is 2.64. The zero-order valence-electron chi connectivity index (χ0n) is 6.33. The van der Waals surface area contributed by atoms with E-state index in [9.17, 15) is 9.59 Å². The third kappa shape index (κ3) is 2.03. The van der Waals surface area contributed by atoms with Gasteiger partial charge in [-0.3, -0.25) is 9.59 Å². The highest BCUT2D eigenvalue weighted by Gasteiger charge is 2.09. The number of hydrogen-bond donors (Lipinski definition) is 2. The number of nitrogens with two attached hydrogens (primary N) is 1. The van der Waals surface area contributed by atoms with Crippen molar-refractivity contribution in [2.75, 3.05) is 5.32 Å². The number of rotatable bonds is 1. The van der Waals surface area contributed by atoms with Crippen molar-refractivity contribution in [3.05, 3.63) is 11.2 Å². The molecule has 0 spiro atoms. The number of nitrogens with one attached hydrogen (secondary N) is 1. The van der Waals surface area contributed by atoms with E-state index >= 15 is 0 Å². The molecule has 0 aromatic carbocycles. The van der Waals surface area contributed by atoms with Gasteiger partial charge in [0.15, 0.2) is 0 Å². The van der Waals surface area contributed by atoms with Crippen LogP contribution in [0.4, 0.5) is 5.00 Å². The minimum Gasteiger partial charge on any atom is -0.361 e. The van der Waals surface area contributed by atoms with Crippen LogP contribution in [0.15, 0.2) is 6.20 Å². The molecule has 0 aliphatic heterocycles. The number of aryl methyl sites for hydroxylation is 1. The molecule has 0 radical (unpaired) electrons. The van der Waals surface area contributed by atoms with Crippen LogP contribution in [0, 0.1) is 6.92 Å². The van der Waals surface area contributed by atoms with Crippen molar-refractivity contribution in [1.82, 2.24) is 4.98 Å². The quantitative estimate of drug-likeness (QED) is 0.598. The molecule has 1 aromatic rings. The van der Waals surface area contributed by atoms with Crippen LogP contribution in [0.5, 0.6) is 0 Å². The van der Waals surface area contributed by atoms with Gasteiger partial charge >= 0.3 is 11.8 Å². The first kappa shape index (κ1) is 8.66. The molecule has 64 valence electrons. The van der Waals surface area contributed by atoms with Gasteiger partial charge in [-0.1, -0.05) is 0 Å². The maximum atomic E-state index is 10.7. The van der Waals surface area contributed by atoms with Crippen LogP contribution >= 0.6 is 11.3 Å². The average Bonchev–Trinajstić information content (AvgIpc) is 2.35. The van der Waals surface area contributed by atoms with Gasteiger partial charge in [0, 0.05) is 0 Å². The number of carbonyl (C=O) groups is 2. The Morgan fingerprint density at radius 1 is 1.67 bits per heavy atom. The number of amides is 2. The summed E-state index contributed by atoms with van der Waals surface area (Å²) in [5, 5.41) is 3.64. The molecule has 1 aromatic heterocycles. The zero-order chi connectivity index (χ0) is 9.14. The number of aromatic nitrogens is 1. The Kier molecular flexibility index (Phi) is 2.39. The molecule has 0 bridgehead atoms. The molecule has 6 heteroatoms. The van der Waals surface area contributed by atoms with E-state index in [-0.39, 0.29) is 0 Å². The fraction of sp³-hybridized carbons (Fsp3) is 0.167. The van der Waals surface area contributed by atoms with Crippen molar-refractivity contribution in [1.29, 1.82) is 0 Å². The maximum Gasteiger partial charge on any atom is 0.314 e. The molecule has 0 aliphatic rings. The Bertz CT molecular complexity index is 320. The summed E-state index contributed by atoms with van der Waals surface area (Å²) in [6.07, 6.45) is 1.47. The van der Waals surface area contributed by atoms with E-state index in [1.807, 2.05) is 0 Å². The van der Waals surface area contributed by atoms with E-state index in [1.165, 1.54) is 17.5 Å². The smallest absolute Gasteiger partial charge is 0.314 e. The van der Waals surface area contributed by atoms with Crippen LogP contribution in [-0.4, -0.2) is 16.8 Å². The monoisotopic (exact) mass is 185 g/mol. The summed E-state index contributed by atoms with van der Waals surface area (Å²) in [5.74, 6) is -1.82. The van der Waals surface area contributed by atoms with Crippen molar-refractivity contribution >= 4 is 28.2 Å². The highest BCUT2D eigenvalue weighted by atomic mass is 32.1. The number of primary amides is 1. The first-order valence-corrected chi connectivity index (χ1v) is 3.94. The molecule has 1 rings (SSSR count). The molecule has 0 saturated carbocycles. The lowest BCUT2D eigenvalue weighted by atomic mass is 10.6. The van der Waals surface area contributed by atoms with Crippen LogP contribution in [0.25, 0.3) is 0 Å². The van der Waals surface area contributed by atoms with Crippen LogP contribution < -0.4 is 11.1 Å². The number of anilines is 1. The van der Waals surface area contributed by atoms with Gasteiger partial charge in [0.25, 0.3) is 0 Å². The number of thiazole rings is 1. The molecule has 0 aliphatic carbocycles. The molecular weight excluding hydrogens is 178 g/mol. The third-order valence-corrected chi connectivity index (χ3v) is 1.91. The largest absolute Gasteiger partial charge is 0.361 e. The lowest BCUT2D eigenvalue weighted by Crippen LogP contribution is -2.29. The Labute approximate surface area is 72.6 Å². The van der Waals surface area contributed by atoms with Gasteiger partial charge in [-0.15, -0.1) is 11.3 Å². The Morgan fingerprint density at radius 3 is 2.75 bits per heavy atom. The molecule has 1 heterocycles. The molecule has 12 heavy (non-hydrogen) atoms. The van der Waals surface area contributed by atoms with Crippen LogP contribution in [0.3, 0.4) is 0 Å². The normalized spacial score (nSPS) is 9.42. The minimum absolute atomic E-state index is 0.524. The summed E-state index contributed by atoms with van der Waals surface area (Å²) in [6, 6.07) is 0. The summed E-state index contributed by atoms with van der Waals surface area (Å²) in [5.41, 5.74) is 4.72. The molecule has 0 saturated heterocycles. The second-order valence-corrected chi connectivity index (χ2v) is 3.30. The second-order valence-electron chi connectivity index (χ2n) is 2.06. The van der Waals surface area contributed by atoms with Gasteiger partial charge in [-0.2, -0.15) is 0 Å². The lowest BCUT2D eigenvalue weighted by molar-refractivity contribution is -0.134. The van der Waals surface area contributed by atoms with E-state index in [0.29, 0.717) is 5.00 Å². The average molecular weight is 185 g/mol. The van der Waals surface area contributed by atoms with E-state index in [4.69, 9.17) is 5.73 Å². The minimum atomic E-state index is -0.999. The van der Waals surface area contributed by atoms with Crippen LogP contribution in [-0.2, 0) is 9.59 Å². The van der Waals surface area contributed by atoms with E-state index < -0.39 is 11.8 Å². The molecule has 2 amide bonds. The Morgan fingerprint density at radius 2 is 2.33 bits per heavy atom.